The van der Waals surface area contributed by atoms with Crippen LogP contribution in [-0.4, -0.2) is 17.3 Å². The van der Waals surface area contributed by atoms with E-state index in [-0.39, 0.29) is 39.8 Å². The lowest BCUT2D eigenvalue weighted by Crippen LogP contribution is -2.48. The summed E-state index contributed by atoms with van der Waals surface area (Å²) >= 11 is 12.3. The third kappa shape index (κ3) is 3.03. The molecule has 1 saturated carbocycles. The van der Waals surface area contributed by atoms with Gasteiger partial charge in [0.2, 0.25) is 0 Å². The molecule has 0 aromatic heterocycles. The second-order valence-electron chi connectivity index (χ2n) is 6.15. The highest BCUT2D eigenvalue weighted by Crippen LogP contribution is 2.41. The number of hydrogen-bond acceptors (Lipinski definition) is 3. The SMILES string of the molecule is O=C1CCCCC1(C(=O)c1ccccc1Cl)C(=O)c1ccccc1Cl. The van der Waals surface area contributed by atoms with Crippen molar-refractivity contribution < 1.29 is 14.4 Å². The van der Waals surface area contributed by atoms with Crippen LogP contribution < -0.4 is 0 Å². The van der Waals surface area contributed by atoms with E-state index in [4.69, 9.17) is 23.2 Å². The molecule has 25 heavy (non-hydrogen) atoms. The Morgan fingerprint density at radius 1 is 0.800 bits per heavy atom. The zero-order valence-corrected chi connectivity index (χ0v) is 14.9. The Morgan fingerprint density at radius 2 is 1.28 bits per heavy atom. The van der Waals surface area contributed by atoms with Crippen LogP contribution in [0.5, 0.6) is 0 Å². The van der Waals surface area contributed by atoms with Gasteiger partial charge in [0.1, 0.15) is 0 Å². The largest absolute Gasteiger partial charge is 0.298 e. The van der Waals surface area contributed by atoms with Gasteiger partial charge >= 0.3 is 0 Å². The van der Waals surface area contributed by atoms with Gasteiger partial charge in [-0.05, 0) is 37.1 Å². The zero-order chi connectivity index (χ0) is 18.0. The summed E-state index contributed by atoms with van der Waals surface area (Å²) < 4.78 is 0. The highest BCUT2D eigenvalue weighted by atomic mass is 35.5. The Kier molecular flexibility index (Phi) is 5.07. The van der Waals surface area contributed by atoms with Crippen LogP contribution in [0.25, 0.3) is 0 Å². The number of rotatable bonds is 4. The predicted molar refractivity (Wildman–Crippen MR) is 97.5 cm³/mol. The molecule has 0 bridgehead atoms. The number of halogens is 2. The fraction of sp³-hybridized carbons (Fsp3) is 0.250. The number of benzene rings is 2. The first-order chi connectivity index (χ1) is 12.0. The molecule has 2 aromatic rings. The van der Waals surface area contributed by atoms with E-state index in [0.29, 0.717) is 12.8 Å². The van der Waals surface area contributed by atoms with E-state index in [1.165, 1.54) is 0 Å². The van der Waals surface area contributed by atoms with Gasteiger partial charge in [-0.3, -0.25) is 14.4 Å². The van der Waals surface area contributed by atoms with E-state index in [2.05, 4.69) is 0 Å². The fourth-order valence-corrected chi connectivity index (χ4v) is 3.81. The van der Waals surface area contributed by atoms with E-state index in [1.54, 1.807) is 48.5 Å². The molecule has 5 heteroatoms. The smallest absolute Gasteiger partial charge is 0.185 e. The first-order valence-electron chi connectivity index (χ1n) is 8.10. The molecule has 0 spiro atoms. The predicted octanol–water partition coefficient (Wildman–Crippen LogP) is 5.19. The number of Topliss-reactive ketones (excluding diaryl/α,β-unsaturated/α-hetero) is 3. The second kappa shape index (κ2) is 7.11. The number of carbonyl (C=O) groups excluding carboxylic acids is 3. The lowest BCUT2D eigenvalue weighted by atomic mass is 9.64. The van der Waals surface area contributed by atoms with Crippen molar-refractivity contribution >= 4 is 40.6 Å². The third-order valence-electron chi connectivity index (χ3n) is 4.69. The molecule has 2 aromatic carbocycles. The highest BCUT2D eigenvalue weighted by Gasteiger charge is 2.53. The minimum absolute atomic E-state index is 0.181. The van der Waals surface area contributed by atoms with Crippen molar-refractivity contribution in [2.45, 2.75) is 25.7 Å². The van der Waals surface area contributed by atoms with Gasteiger partial charge in [0.15, 0.2) is 22.8 Å². The second-order valence-corrected chi connectivity index (χ2v) is 6.97. The van der Waals surface area contributed by atoms with Crippen molar-refractivity contribution in [3.05, 3.63) is 69.7 Å². The number of hydrogen-bond donors (Lipinski definition) is 0. The van der Waals surface area contributed by atoms with E-state index in [0.717, 1.165) is 0 Å². The minimum Gasteiger partial charge on any atom is -0.298 e. The molecule has 3 nitrogen and oxygen atoms in total. The summed E-state index contributed by atoms with van der Waals surface area (Å²) in [5.74, 6) is -1.42. The van der Waals surface area contributed by atoms with E-state index in [1.807, 2.05) is 0 Å². The Morgan fingerprint density at radius 3 is 1.72 bits per heavy atom. The van der Waals surface area contributed by atoms with Crippen molar-refractivity contribution in [3.63, 3.8) is 0 Å². The summed E-state index contributed by atoms with van der Waals surface area (Å²) in [5.41, 5.74) is -1.35. The number of carbonyl (C=O) groups is 3. The molecule has 128 valence electrons. The average molecular weight is 375 g/mol. The van der Waals surface area contributed by atoms with Gasteiger partial charge in [-0.2, -0.15) is 0 Å². The van der Waals surface area contributed by atoms with Crippen LogP contribution in [0, 0.1) is 5.41 Å². The van der Waals surface area contributed by atoms with Crippen LogP contribution in [-0.2, 0) is 4.79 Å². The molecule has 0 unspecified atom stereocenters. The number of ketones is 3. The summed E-state index contributed by atoms with van der Waals surface area (Å²) in [4.78, 5) is 39.5. The molecule has 0 atom stereocenters. The highest BCUT2D eigenvalue weighted by molar-refractivity contribution is 6.41. The van der Waals surface area contributed by atoms with E-state index in [9.17, 15) is 14.4 Å². The summed E-state index contributed by atoms with van der Waals surface area (Å²) in [6.45, 7) is 0. The van der Waals surface area contributed by atoms with Crippen LogP contribution in [0.15, 0.2) is 48.5 Å². The van der Waals surface area contributed by atoms with Crippen LogP contribution in [0.3, 0.4) is 0 Å². The quantitative estimate of drug-likeness (QED) is 0.546. The fourth-order valence-electron chi connectivity index (χ4n) is 3.36. The summed E-state index contributed by atoms with van der Waals surface area (Å²) in [7, 11) is 0. The molecular formula is C20H16Cl2O3. The Labute approximate surface area is 155 Å². The van der Waals surface area contributed by atoms with E-state index < -0.39 is 17.0 Å². The third-order valence-corrected chi connectivity index (χ3v) is 5.35. The first-order valence-corrected chi connectivity index (χ1v) is 8.86. The van der Waals surface area contributed by atoms with Crippen LogP contribution in [0.2, 0.25) is 10.0 Å². The topological polar surface area (TPSA) is 51.2 Å². The summed E-state index contributed by atoms with van der Waals surface area (Å²) in [5, 5.41) is 0.467. The minimum atomic E-state index is -1.74. The maximum absolute atomic E-state index is 13.3. The van der Waals surface area contributed by atoms with Gasteiger partial charge in [0.25, 0.3) is 0 Å². The first kappa shape index (κ1) is 17.8. The Hall–Kier alpha value is -1.97. The van der Waals surface area contributed by atoms with Gasteiger partial charge in [-0.25, -0.2) is 0 Å². The molecular weight excluding hydrogens is 359 g/mol. The van der Waals surface area contributed by atoms with Gasteiger partial charge in [-0.15, -0.1) is 0 Å². The lowest BCUT2D eigenvalue weighted by Gasteiger charge is -2.33. The normalized spacial score (nSPS) is 16.5. The van der Waals surface area contributed by atoms with Crippen LogP contribution in [0.4, 0.5) is 0 Å². The zero-order valence-electron chi connectivity index (χ0n) is 13.4. The maximum Gasteiger partial charge on any atom is 0.185 e. The molecule has 1 aliphatic carbocycles. The van der Waals surface area contributed by atoms with Gasteiger partial charge in [0, 0.05) is 17.5 Å². The van der Waals surface area contributed by atoms with Crippen molar-refractivity contribution in [2.75, 3.05) is 0 Å². The Balaban J connectivity index is 2.17. The van der Waals surface area contributed by atoms with Gasteiger partial charge in [-0.1, -0.05) is 53.9 Å². The molecule has 0 aliphatic heterocycles. The van der Waals surface area contributed by atoms with Gasteiger partial charge < -0.3 is 0 Å². The molecule has 0 N–H and O–H groups in total. The maximum atomic E-state index is 13.3. The summed E-state index contributed by atoms with van der Waals surface area (Å²) in [6, 6.07) is 13.0. The molecule has 0 heterocycles. The molecule has 1 fully saturated rings. The molecule has 0 saturated heterocycles. The standard InChI is InChI=1S/C20H16Cl2O3/c21-15-9-3-1-7-13(15)18(24)20(12-6-5-11-17(20)23)19(25)14-8-2-4-10-16(14)22/h1-4,7-10H,5-6,11-12H2. The summed E-state index contributed by atoms with van der Waals surface area (Å²) in [6.07, 6.45) is 1.68. The molecule has 0 radical (unpaired) electrons. The Bertz CT molecular complexity index is 800. The molecule has 3 rings (SSSR count). The molecule has 0 amide bonds. The van der Waals surface area contributed by atoms with Crippen LogP contribution in [0.1, 0.15) is 46.4 Å². The lowest BCUT2D eigenvalue weighted by molar-refractivity contribution is -0.126. The van der Waals surface area contributed by atoms with Crippen LogP contribution >= 0.6 is 23.2 Å². The van der Waals surface area contributed by atoms with Crippen molar-refractivity contribution in [1.82, 2.24) is 0 Å². The van der Waals surface area contributed by atoms with Crippen molar-refractivity contribution in [3.8, 4) is 0 Å². The average Bonchev–Trinajstić information content (AvgIpc) is 2.62. The van der Waals surface area contributed by atoms with E-state index >= 15 is 0 Å². The molecule has 1 aliphatic rings. The van der Waals surface area contributed by atoms with Gasteiger partial charge in [0.05, 0.1) is 10.0 Å². The van der Waals surface area contributed by atoms with Crippen molar-refractivity contribution in [1.29, 1.82) is 0 Å². The monoisotopic (exact) mass is 374 g/mol. The van der Waals surface area contributed by atoms with Crippen molar-refractivity contribution in [2.24, 2.45) is 5.41 Å².